The molecule has 0 saturated heterocycles. The number of rotatable bonds is 4. The third-order valence-corrected chi connectivity index (χ3v) is 6.05. The lowest BCUT2D eigenvalue weighted by Crippen LogP contribution is -2.24. The zero-order valence-corrected chi connectivity index (χ0v) is 16.5. The quantitative estimate of drug-likeness (QED) is 0.359. The molecule has 4 aromatic carbocycles. The van der Waals surface area contributed by atoms with Gasteiger partial charge < -0.3 is 0 Å². The van der Waals surface area contributed by atoms with Crippen LogP contribution in [-0.4, -0.2) is 27.9 Å². The minimum absolute atomic E-state index is 0.583. The molecule has 0 radical (unpaired) electrons. The molecule has 5 heteroatoms. The highest BCUT2D eigenvalue weighted by Gasteiger charge is 2.12. The number of hydrogen-bond donors (Lipinski definition) is 0. The Labute approximate surface area is 164 Å². The van der Waals surface area contributed by atoms with E-state index in [9.17, 15) is 8.42 Å². The van der Waals surface area contributed by atoms with Crippen LogP contribution < -0.4 is 4.31 Å². The molecular weight excluding hydrogens is 368 g/mol. The van der Waals surface area contributed by atoms with Gasteiger partial charge in [0, 0.05) is 18.8 Å². The zero-order valence-electron chi connectivity index (χ0n) is 15.7. The third kappa shape index (κ3) is 3.49. The number of hydrogen-bond acceptors (Lipinski definition) is 3. The van der Waals surface area contributed by atoms with Gasteiger partial charge in [-0.25, -0.2) is 8.42 Å². The van der Waals surface area contributed by atoms with E-state index in [-0.39, 0.29) is 0 Å². The Morgan fingerprint density at radius 3 is 2.04 bits per heavy atom. The first-order chi connectivity index (χ1) is 13.4. The Morgan fingerprint density at radius 2 is 1.43 bits per heavy atom. The number of fused-ring (bicyclic) bond motifs is 2. The summed E-state index contributed by atoms with van der Waals surface area (Å²) in [7, 11) is -1.78. The van der Waals surface area contributed by atoms with Crippen molar-refractivity contribution in [1.82, 2.24) is 0 Å². The van der Waals surface area contributed by atoms with Crippen LogP contribution in [0.2, 0.25) is 0 Å². The Kier molecular flexibility index (Phi) is 4.61. The van der Waals surface area contributed by atoms with Gasteiger partial charge in [0.2, 0.25) is 10.0 Å². The second kappa shape index (κ2) is 7.09. The first-order valence-corrected chi connectivity index (χ1v) is 10.8. The number of aliphatic imine (C=N–C) groups is 1. The lowest BCUT2D eigenvalue weighted by atomic mass is 9.97. The fraction of sp³-hybridized carbons (Fsp3) is 0.0870. The number of nitrogens with zero attached hydrogens (tertiary/aromatic N) is 2. The molecule has 0 N–H and O–H groups in total. The van der Waals surface area contributed by atoms with E-state index in [0.29, 0.717) is 11.4 Å². The average Bonchev–Trinajstić information content (AvgIpc) is 2.70. The van der Waals surface area contributed by atoms with Crippen molar-refractivity contribution in [1.29, 1.82) is 0 Å². The molecule has 0 atom stereocenters. The Morgan fingerprint density at radius 1 is 0.821 bits per heavy atom. The lowest BCUT2D eigenvalue weighted by Gasteiger charge is -2.16. The molecule has 140 valence electrons. The highest BCUT2D eigenvalue weighted by molar-refractivity contribution is 7.92. The molecule has 0 aliphatic carbocycles. The zero-order chi connectivity index (χ0) is 19.7. The molecule has 4 aromatic rings. The molecule has 0 heterocycles. The van der Waals surface area contributed by atoms with Crippen molar-refractivity contribution in [2.75, 3.05) is 17.6 Å². The summed E-state index contributed by atoms with van der Waals surface area (Å²) in [5.74, 6) is 0. The van der Waals surface area contributed by atoms with Crippen molar-refractivity contribution in [3.05, 3.63) is 84.4 Å². The summed E-state index contributed by atoms with van der Waals surface area (Å²) in [4.78, 5) is 4.66. The van der Waals surface area contributed by atoms with E-state index in [1.54, 1.807) is 12.1 Å². The lowest BCUT2D eigenvalue weighted by molar-refractivity contribution is 0.600. The molecule has 0 fully saturated rings. The molecule has 0 saturated carbocycles. The summed E-state index contributed by atoms with van der Waals surface area (Å²) >= 11 is 0. The molecule has 0 spiro atoms. The molecule has 0 unspecified atom stereocenters. The number of anilines is 1. The van der Waals surface area contributed by atoms with E-state index >= 15 is 0 Å². The maximum Gasteiger partial charge on any atom is 0.231 e. The molecule has 0 bridgehead atoms. The van der Waals surface area contributed by atoms with E-state index in [1.807, 2.05) is 42.6 Å². The topological polar surface area (TPSA) is 49.7 Å². The Balaban J connectivity index is 1.83. The third-order valence-electron chi connectivity index (χ3n) is 4.85. The summed E-state index contributed by atoms with van der Waals surface area (Å²) < 4.78 is 24.9. The fourth-order valence-corrected chi connectivity index (χ4v) is 3.78. The van der Waals surface area contributed by atoms with Gasteiger partial charge in [0.15, 0.2) is 0 Å². The largest absolute Gasteiger partial charge is 0.273 e. The van der Waals surface area contributed by atoms with Gasteiger partial charge in [0.25, 0.3) is 0 Å². The summed E-state index contributed by atoms with van der Waals surface area (Å²) in [5.41, 5.74) is 2.33. The molecule has 28 heavy (non-hydrogen) atoms. The minimum Gasteiger partial charge on any atom is -0.273 e. The van der Waals surface area contributed by atoms with E-state index in [2.05, 4.69) is 35.3 Å². The fourth-order valence-electron chi connectivity index (χ4n) is 3.29. The maximum absolute atomic E-state index is 11.8. The predicted molar refractivity (Wildman–Crippen MR) is 118 cm³/mol. The van der Waals surface area contributed by atoms with Crippen LogP contribution >= 0.6 is 0 Å². The van der Waals surface area contributed by atoms with Crippen molar-refractivity contribution >= 4 is 49.2 Å². The van der Waals surface area contributed by atoms with Gasteiger partial charge in [-0.3, -0.25) is 9.30 Å². The van der Waals surface area contributed by atoms with Crippen LogP contribution in [0.15, 0.2) is 83.9 Å². The van der Waals surface area contributed by atoms with Crippen LogP contribution in [0, 0.1) is 0 Å². The SMILES string of the molecule is CN(c1cccc(N=Cc2c3ccccc3cc3ccccc23)c1)S(C)(=O)=O. The monoisotopic (exact) mass is 388 g/mol. The first-order valence-electron chi connectivity index (χ1n) is 8.92. The van der Waals surface area contributed by atoms with Crippen LogP contribution in [0.4, 0.5) is 11.4 Å². The van der Waals surface area contributed by atoms with Crippen molar-refractivity contribution in [3.8, 4) is 0 Å². The predicted octanol–water partition coefficient (Wildman–Crippen LogP) is 5.14. The molecule has 4 nitrogen and oxygen atoms in total. The normalized spacial score (nSPS) is 12.1. The van der Waals surface area contributed by atoms with Crippen LogP contribution in [0.3, 0.4) is 0 Å². The summed E-state index contributed by atoms with van der Waals surface area (Å²) in [6.07, 6.45) is 3.05. The summed E-state index contributed by atoms with van der Waals surface area (Å²) in [6.45, 7) is 0. The van der Waals surface area contributed by atoms with Gasteiger partial charge in [-0.05, 0) is 45.8 Å². The van der Waals surface area contributed by atoms with E-state index < -0.39 is 10.0 Å². The molecule has 0 amide bonds. The van der Waals surface area contributed by atoms with Crippen molar-refractivity contribution in [2.45, 2.75) is 0 Å². The highest BCUT2D eigenvalue weighted by Crippen LogP contribution is 2.28. The molecule has 0 aromatic heterocycles. The Bertz CT molecular complexity index is 1260. The smallest absolute Gasteiger partial charge is 0.231 e. The van der Waals surface area contributed by atoms with Crippen molar-refractivity contribution in [2.24, 2.45) is 4.99 Å². The van der Waals surface area contributed by atoms with Gasteiger partial charge in [-0.2, -0.15) is 0 Å². The first kappa shape index (κ1) is 18.2. The van der Waals surface area contributed by atoms with E-state index in [4.69, 9.17) is 0 Å². The minimum atomic E-state index is -3.32. The van der Waals surface area contributed by atoms with Crippen LogP contribution in [0.1, 0.15) is 5.56 Å². The van der Waals surface area contributed by atoms with Crippen molar-refractivity contribution < 1.29 is 8.42 Å². The molecule has 0 aliphatic heterocycles. The van der Waals surface area contributed by atoms with Gasteiger partial charge >= 0.3 is 0 Å². The van der Waals surface area contributed by atoms with Crippen LogP contribution in [0.25, 0.3) is 21.5 Å². The van der Waals surface area contributed by atoms with Gasteiger partial charge in [0.1, 0.15) is 0 Å². The second-order valence-electron chi connectivity index (χ2n) is 6.74. The Hall–Kier alpha value is -3.18. The van der Waals surface area contributed by atoms with E-state index in [0.717, 1.165) is 27.1 Å². The van der Waals surface area contributed by atoms with E-state index in [1.165, 1.54) is 17.6 Å². The van der Waals surface area contributed by atoms with Gasteiger partial charge in [0.05, 0.1) is 17.6 Å². The standard InChI is InChI=1S/C23H20N2O2S/c1-25(28(2,26)27)20-11-7-10-19(15-20)24-16-23-21-12-5-3-8-17(21)14-18-9-4-6-13-22(18)23/h3-16H,1-2H3. The summed E-state index contributed by atoms with van der Waals surface area (Å²) in [5, 5.41) is 4.59. The van der Waals surface area contributed by atoms with Crippen molar-refractivity contribution in [3.63, 3.8) is 0 Å². The maximum atomic E-state index is 11.8. The molecule has 4 rings (SSSR count). The number of sulfonamides is 1. The van der Waals surface area contributed by atoms with Gasteiger partial charge in [-0.1, -0.05) is 54.6 Å². The molecular formula is C23H20N2O2S. The molecule has 0 aliphatic rings. The van der Waals surface area contributed by atoms with Crippen LogP contribution in [-0.2, 0) is 10.0 Å². The van der Waals surface area contributed by atoms with Gasteiger partial charge in [-0.15, -0.1) is 0 Å². The van der Waals surface area contributed by atoms with Crippen LogP contribution in [0.5, 0.6) is 0 Å². The number of benzene rings is 4. The second-order valence-corrected chi connectivity index (χ2v) is 8.75. The highest BCUT2D eigenvalue weighted by atomic mass is 32.2. The average molecular weight is 388 g/mol. The summed E-state index contributed by atoms with van der Waals surface area (Å²) in [6, 6.07) is 25.9.